The smallest absolute Gasteiger partial charge is 0.291 e. The number of anilines is 2. The monoisotopic (exact) mass is 638 g/mol. The van der Waals surface area contributed by atoms with Crippen LogP contribution in [0.3, 0.4) is 0 Å². The molecule has 12 heteroatoms. The molecule has 3 unspecified atom stereocenters. The van der Waals surface area contributed by atoms with Gasteiger partial charge in [-0.05, 0) is 46.9 Å². The van der Waals surface area contributed by atoms with Crippen molar-refractivity contribution in [2.75, 3.05) is 38.1 Å². The lowest BCUT2D eigenvalue weighted by molar-refractivity contribution is -0.120. The Balaban J connectivity index is 1.06. The van der Waals surface area contributed by atoms with Crippen molar-refractivity contribution in [1.82, 2.24) is 20.5 Å². The third kappa shape index (κ3) is 7.18. The van der Waals surface area contributed by atoms with Gasteiger partial charge in [-0.15, -0.1) is 5.10 Å². The highest BCUT2D eigenvalue weighted by molar-refractivity contribution is 6.02. The Bertz CT molecular complexity index is 1760. The molecule has 0 saturated heterocycles. The van der Waals surface area contributed by atoms with E-state index in [1.807, 2.05) is 54.6 Å². The van der Waals surface area contributed by atoms with Crippen LogP contribution < -0.4 is 20.3 Å². The largest absolute Gasteiger partial charge is 0.489 e. The van der Waals surface area contributed by atoms with Gasteiger partial charge in [0.25, 0.3) is 11.8 Å². The molecule has 6 rings (SSSR count). The van der Waals surface area contributed by atoms with Gasteiger partial charge >= 0.3 is 0 Å². The predicted molar refractivity (Wildman–Crippen MR) is 175 cm³/mol. The molecule has 3 amide bonds. The third-order valence-corrected chi connectivity index (χ3v) is 8.71. The number of aromatic amines is 1. The molecule has 0 spiro atoms. The van der Waals surface area contributed by atoms with Crippen LogP contribution in [0.2, 0.25) is 0 Å². The summed E-state index contributed by atoms with van der Waals surface area (Å²) in [7, 11) is 5.00. The minimum absolute atomic E-state index is 0.0289. The first-order valence-electron chi connectivity index (χ1n) is 15.6. The fraction of sp³-hybridized carbons (Fsp3) is 0.343. The van der Waals surface area contributed by atoms with Gasteiger partial charge in [0.2, 0.25) is 11.7 Å². The number of likely N-dealkylation sites (N-methyl/N-ethyl adjacent to an activating group) is 1. The second-order valence-electron chi connectivity index (χ2n) is 11.8. The quantitative estimate of drug-likeness (QED) is 0.240. The Labute approximate surface area is 272 Å². The van der Waals surface area contributed by atoms with Gasteiger partial charge in [-0.25, -0.2) is 4.98 Å². The number of carbonyl (C=O) groups is 3. The van der Waals surface area contributed by atoms with Crippen molar-refractivity contribution in [3.63, 3.8) is 0 Å². The minimum atomic E-state index is -0.945. The predicted octanol–water partition coefficient (Wildman–Crippen LogP) is 3.25. The van der Waals surface area contributed by atoms with Crippen LogP contribution in [0.25, 0.3) is 0 Å². The van der Waals surface area contributed by atoms with Gasteiger partial charge in [0, 0.05) is 52.6 Å². The lowest BCUT2D eigenvalue weighted by atomic mass is 9.86. The van der Waals surface area contributed by atoms with E-state index in [9.17, 15) is 14.4 Å². The molecule has 0 bridgehead atoms. The van der Waals surface area contributed by atoms with Crippen LogP contribution >= 0.6 is 0 Å². The molecule has 0 fully saturated rings. The number of hydrogen-bond donors (Lipinski definition) is 3. The minimum Gasteiger partial charge on any atom is -0.489 e. The summed E-state index contributed by atoms with van der Waals surface area (Å²) in [5.74, 6) is -0.0400. The molecule has 0 saturated carbocycles. The van der Waals surface area contributed by atoms with Gasteiger partial charge in [0.1, 0.15) is 24.2 Å². The zero-order valence-corrected chi connectivity index (χ0v) is 26.6. The first-order chi connectivity index (χ1) is 22.8. The third-order valence-electron chi connectivity index (χ3n) is 8.71. The Morgan fingerprint density at radius 1 is 1.00 bits per heavy atom. The number of aromatic nitrogens is 3. The van der Waals surface area contributed by atoms with Gasteiger partial charge in [-0.1, -0.05) is 48.5 Å². The number of rotatable bonds is 10. The lowest BCUT2D eigenvalue weighted by Gasteiger charge is -2.32. The SMILES string of the molecule is COC1Cc2cccc(NC(=O)CCc3ccc4c(c3)N(C)C(=O)C(NC(=O)c3n[nH]c(Cc5ccccc5)n3)CO4)c2CC1OC. The van der Waals surface area contributed by atoms with Crippen molar-refractivity contribution in [2.24, 2.45) is 0 Å². The van der Waals surface area contributed by atoms with Gasteiger partial charge in [0.05, 0.1) is 17.9 Å². The topological polar surface area (TPSA) is 148 Å². The van der Waals surface area contributed by atoms with E-state index < -0.39 is 11.9 Å². The Kier molecular flexibility index (Phi) is 9.60. The summed E-state index contributed by atoms with van der Waals surface area (Å²) in [6.07, 6.45) is 2.46. The number of benzene rings is 3. The highest BCUT2D eigenvalue weighted by Crippen LogP contribution is 2.33. The number of methoxy groups -OCH3 is 2. The van der Waals surface area contributed by atoms with Crippen LogP contribution in [0.1, 0.15) is 45.1 Å². The number of carbonyl (C=O) groups excluding carboxylic acids is 3. The highest BCUT2D eigenvalue weighted by atomic mass is 16.5. The average molecular weight is 639 g/mol. The van der Waals surface area contributed by atoms with Gasteiger partial charge < -0.3 is 29.7 Å². The van der Waals surface area contributed by atoms with E-state index >= 15 is 0 Å². The highest BCUT2D eigenvalue weighted by Gasteiger charge is 2.32. The molecule has 1 aliphatic carbocycles. The number of H-pyrrole nitrogens is 1. The molecule has 3 atom stereocenters. The number of fused-ring (bicyclic) bond motifs is 2. The molecule has 2 aliphatic rings. The zero-order chi connectivity index (χ0) is 32.9. The average Bonchev–Trinajstić information content (AvgIpc) is 3.53. The maximum absolute atomic E-state index is 13.4. The second kappa shape index (κ2) is 14.1. The summed E-state index contributed by atoms with van der Waals surface area (Å²) in [4.78, 5) is 45.2. The van der Waals surface area contributed by atoms with E-state index in [0.717, 1.165) is 34.4 Å². The van der Waals surface area contributed by atoms with Gasteiger partial charge in [-0.2, -0.15) is 0 Å². The van der Waals surface area contributed by atoms with Gasteiger partial charge in [0.15, 0.2) is 0 Å². The first-order valence-corrected chi connectivity index (χ1v) is 15.6. The lowest BCUT2D eigenvalue weighted by Crippen LogP contribution is -2.49. The summed E-state index contributed by atoms with van der Waals surface area (Å²) < 4.78 is 17.2. The molecule has 4 aromatic rings. The molecular formula is C35H38N6O6. The van der Waals surface area contributed by atoms with Crippen LogP contribution in [0.5, 0.6) is 5.75 Å². The summed E-state index contributed by atoms with van der Waals surface area (Å²) >= 11 is 0. The molecule has 12 nitrogen and oxygen atoms in total. The van der Waals surface area contributed by atoms with Crippen LogP contribution in [0, 0.1) is 0 Å². The van der Waals surface area contributed by atoms with Crippen LogP contribution in [-0.4, -0.2) is 79.0 Å². The number of nitrogens with zero attached hydrogens (tertiary/aromatic N) is 3. The molecular weight excluding hydrogens is 600 g/mol. The maximum atomic E-state index is 13.4. The van der Waals surface area contributed by atoms with Gasteiger partial charge in [-0.3, -0.25) is 19.5 Å². The standard InChI is InChI=1S/C35H38N6O6/c1-41-27-16-22(13-15-32(42)36-25-11-7-10-23-18-29(45-2)30(46-3)19-24(23)25)12-14-28(27)47-20-26(35(41)44)37-34(43)33-38-31(39-40-33)17-21-8-5-4-6-9-21/h4-12,14,16,26,29-30H,13,15,17-20H2,1-3H3,(H,36,42)(H,37,43)(H,38,39,40). The zero-order valence-electron chi connectivity index (χ0n) is 26.6. The van der Waals surface area contributed by atoms with E-state index in [-0.39, 0.29) is 42.9 Å². The number of aryl methyl sites for hydroxylation is 1. The van der Waals surface area contributed by atoms with E-state index in [0.29, 0.717) is 36.5 Å². The van der Waals surface area contributed by atoms with Crippen molar-refractivity contribution in [1.29, 1.82) is 0 Å². The Hall–Kier alpha value is -5.07. The Morgan fingerprint density at radius 3 is 2.57 bits per heavy atom. The van der Waals surface area contributed by atoms with Crippen LogP contribution in [0.15, 0.2) is 66.7 Å². The summed E-state index contributed by atoms with van der Waals surface area (Å²) in [6.45, 7) is -0.0542. The summed E-state index contributed by atoms with van der Waals surface area (Å²) in [5.41, 5.74) is 5.45. The molecule has 1 aliphatic heterocycles. The molecule has 0 radical (unpaired) electrons. The van der Waals surface area contributed by atoms with Crippen LogP contribution in [-0.2, 0) is 44.7 Å². The number of ether oxygens (including phenoxy) is 3. The summed E-state index contributed by atoms with van der Waals surface area (Å²) in [5, 5.41) is 12.6. The molecule has 3 aromatic carbocycles. The van der Waals surface area contributed by atoms with Crippen molar-refractivity contribution in [3.05, 3.63) is 101 Å². The van der Waals surface area contributed by atoms with Crippen LogP contribution in [0.4, 0.5) is 11.4 Å². The molecule has 1 aromatic heterocycles. The fourth-order valence-electron chi connectivity index (χ4n) is 6.10. The molecule has 47 heavy (non-hydrogen) atoms. The molecule has 3 N–H and O–H groups in total. The van der Waals surface area contributed by atoms with E-state index in [1.54, 1.807) is 27.3 Å². The number of hydrogen-bond acceptors (Lipinski definition) is 8. The number of nitrogens with one attached hydrogen (secondary N) is 3. The first kappa shape index (κ1) is 31.9. The van der Waals surface area contributed by atoms with E-state index in [1.165, 1.54) is 4.90 Å². The van der Waals surface area contributed by atoms with Crippen molar-refractivity contribution < 1.29 is 28.6 Å². The van der Waals surface area contributed by atoms with Crippen molar-refractivity contribution in [3.8, 4) is 5.75 Å². The molecule has 2 heterocycles. The van der Waals surface area contributed by atoms with Crippen molar-refractivity contribution in [2.45, 2.75) is 50.4 Å². The maximum Gasteiger partial charge on any atom is 0.291 e. The Morgan fingerprint density at radius 2 is 1.79 bits per heavy atom. The second-order valence-corrected chi connectivity index (χ2v) is 11.8. The van der Waals surface area contributed by atoms with E-state index in [4.69, 9.17) is 14.2 Å². The van der Waals surface area contributed by atoms with E-state index in [2.05, 4.69) is 31.9 Å². The normalized spacial score (nSPS) is 18.8. The molecule has 244 valence electrons. The summed E-state index contributed by atoms with van der Waals surface area (Å²) in [6, 6.07) is 20.2. The van der Waals surface area contributed by atoms with Crippen molar-refractivity contribution >= 4 is 29.1 Å². The number of amides is 3. The fourth-order valence-corrected chi connectivity index (χ4v) is 6.10.